The van der Waals surface area contributed by atoms with E-state index in [1.807, 2.05) is 13.0 Å². The molecule has 8 heteroatoms. The van der Waals surface area contributed by atoms with Crippen LogP contribution in [-0.4, -0.2) is 38.3 Å². The Bertz CT molecular complexity index is 915. The number of carbonyl (C=O) groups excluding carboxylic acids is 1. The molecule has 2 N–H and O–H groups in total. The molecule has 1 aromatic carbocycles. The molecular weight excluding hydrogens is 352 g/mol. The number of aryl methyl sites for hydroxylation is 2. The molecule has 1 heterocycles. The lowest BCUT2D eigenvalue weighted by Crippen LogP contribution is -2.28. The van der Waals surface area contributed by atoms with Crippen molar-refractivity contribution >= 4 is 27.4 Å². The molecule has 0 saturated heterocycles. The summed E-state index contributed by atoms with van der Waals surface area (Å²) in [4.78, 5) is 17.6. The molecule has 2 rings (SSSR count). The maximum atomic E-state index is 13.1. The van der Waals surface area contributed by atoms with E-state index in [4.69, 9.17) is 5.73 Å². The number of nitrogen functional groups attached to an aromatic ring is 1. The third kappa shape index (κ3) is 4.40. The molecule has 1 aromatic heterocycles. The Labute approximate surface area is 153 Å². The molecule has 0 aliphatic carbocycles. The van der Waals surface area contributed by atoms with Gasteiger partial charge in [-0.2, -0.15) is 0 Å². The van der Waals surface area contributed by atoms with Crippen LogP contribution in [0.5, 0.6) is 0 Å². The number of sulfonamides is 1. The van der Waals surface area contributed by atoms with Crippen LogP contribution in [0.1, 0.15) is 11.3 Å². The van der Waals surface area contributed by atoms with Gasteiger partial charge in [-0.25, -0.2) is 17.7 Å². The van der Waals surface area contributed by atoms with Crippen molar-refractivity contribution in [2.24, 2.45) is 0 Å². The monoisotopic (exact) mass is 374 g/mol. The largest absolute Gasteiger partial charge is 0.399 e. The highest BCUT2D eigenvalue weighted by atomic mass is 32.2. The Morgan fingerprint density at radius 2 is 1.73 bits per heavy atom. The third-order valence-electron chi connectivity index (χ3n) is 3.54. The Morgan fingerprint density at radius 1 is 1.12 bits per heavy atom. The molecular formula is C18H22N4O3S. The number of aromatic nitrogens is 1. The van der Waals surface area contributed by atoms with Crippen LogP contribution in [0.3, 0.4) is 0 Å². The number of rotatable bonds is 5. The fourth-order valence-corrected chi connectivity index (χ4v) is 3.51. The molecule has 26 heavy (non-hydrogen) atoms. The van der Waals surface area contributed by atoms with Crippen LogP contribution in [0.4, 0.5) is 11.5 Å². The number of carbonyl (C=O) groups is 1. The van der Waals surface area contributed by atoms with Gasteiger partial charge in [-0.3, -0.25) is 4.79 Å². The lowest BCUT2D eigenvalue weighted by atomic mass is 10.2. The quantitative estimate of drug-likeness (QED) is 0.638. The fraction of sp³-hybridized carbons (Fsp3) is 0.222. The maximum Gasteiger partial charge on any atom is 0.269 e. The zero-order chi connectivity index (χ0) is 19.5. The lowest BCUT2D eigenvalue weighted by molar-refractivity contribution is -0.123. The number of amides is 1. The highest BCUT2D eigenvalue weighted by molar-refractivity contribution is 7.93. The van der Waals surface area contributed by atoms with Crippen molar-refractivity contribution in [2.45, 2.75) is 18.7 Å². The lowest BCUT2D eigenvalue weighted by Gasteiger charge is -2.21. The highest BCUT2D eigenvalue weighted by Crippen LogP contribution is 2.24. The molecule has 0 fully saturated rings. The minimum Gasteiger partial charge on any atom is -0.399 e. The average Bonchev–Trinajstić information content (AvgIpc) is 2.54. The summed E-state index contributed by atoms with van der Waals surface area (Å²) in [5.74, 6) is -0.131. The predicted octanol–water partition coefficient (Wildman–Crippen LogP) is 2.08. The Hall–Kier alpha value is -2.87. The van der Waals surface area contributed by atoms with E-state index in [-0.39, 0.29) is 16.6 Å². The number of hydrogen-bond acceptors (Lipinski definition) is 5. The third-order valence-corrected chi connectivity index (χ3v) is 5.23. The van der Waals surface area contributed by atoms with Gasteiger partial charge in [0.15, 0.2) is 0 Å². The van der Waals surface area contributed by atoms with Gasteiger partial charge in [0.1, 0.15) is 5.82 Å². The number of nitrogens with two attached hydrogens (primary N) is 1. The average molecular weight is 374 g/mol. The van der Waals surface area contributed by atoms with Crippen LogP contribution in [0.2, 0.25) is 0 Å². The zero-order valence-corrected chi connectivity index (χ0v) is 16.0. The number of hydrogen-bond donors (Lipinski definition) is 1. The van der Waals surface area contributed by atoms with Gasteiger partial charge in [-0.15, -0.1) is 0 Å². The minimum absolute atomic E-state index is 0.0506. The summed E-state index contributed by atoms with van der Waals surface area (Å²) in [5.41, 5.74) is 7.63. The standard InChI is InChI=1S/C18H22N4O3S/c1-13-11-14(2)20-17(12-13)22(10-9-18(23)21(3)4)26(24,25)16-7-5-15(19)6-8-16/h5-12H,19H2,1-4H3. The van der Waals surface area contributed by atoms with E-state index in [0.29, 0.717) is 11.4 Å². The molecule has 0 radical (unpaired) electrons. The molecule has 0 spiro atoms. The summed E-state index contributed by atoms with van der Waals surface area (Å²) in [7, 11) is -0.800. The first-order valence-corrected chi connectivity index (χ1v) is 9.30. The maximum absolute atomic E-state index is 13.1. The normalized spacial score (nSPS) is 11.5. The Balaban J connectivity index is 2.59. The van der Waals surface area contributed by atoms with Gasteiger partial charge in [0.25, 0.3) is 10.0 Å². The molecule has 138 valence electrons. The van der Waals surface area contributed by atoms with Crippen LogP contribution < -0.4 is 10.0 Å². The van der Waals surface area contributed by atoms with Crippen LogP contribution in [-0.2, 0) is 14.8 Å². The summed E-state index contributed by atoms with van der Waals surface area (Å²) in [6.07, 6.45) is 2.41. The molecule has 0 aliphatic rings. The van der Waals surface area contributed by atoms with E-state index in [1.165, 1.54) is 41.4 Å². The second-order valence-electron chi connectivity index (χ2n) is 6.06. The first-order valence-electron chi connectivity index (χ1n) is 7.86. The first-order chi connectivity index (χ1) is 12.1. The summed E-state index contributed by atoms with van der Waals surface area (Å²) in [6.45, 7) is 3.63. The molecule has 1 amide bonds. The van der Waals surface area contributed by atoms with Crippen LogP contribution >= 0.6 is 0 Å². The van der Waals surface area contributed by atoms with Gasteiger partial charge in [0, 0.05) is 37.8 Å². The van der Waals surface area contributed by atoms with Crippen molar-refractivity contribution in [2.75, 3.05) is 24.1 Å². The van der Waals surface area contributed by atoms with Crippen LogP contribution in [0.15, 0.2) is 53.6 Å². The van der Waals surface area contributed by atoms with Crippen LogP contribution in [0, 0.1) is 13.8 Å². The van der Waals surface area contributed by atoms with Crippen molar-refractivity contribution in [3.63, 3.8) is 0 Å². The summed E-state index contributed by atoms with van der Waals surface area (Å²) >= 11 is 0. The summed E-state index contributed by atoms with van der Waals surface area (Å²) in [6, 6.07) is 9.34. The van der Waals surface area contributed by atoms with Crippen molar-refractivity contribution in [3.8, 4) is 0 Å². The second kappa shape index (κ2) is 7.57. The number of benzene rings is 1. The van der Waals surface area contributed by atoms with Gasteiger partial charge < -0.3 is 10.6 Å². The Morgan fingerprint density at radius 3 is 2.27 bits per heavy atom. The van der Waals surface area contributed by atoms with Crippen molar-refractivity contribution < 1.29 is 13.2 Å². The highest BCUT2D eigenvalue weighted by Gasteiger charge is 2.25. The first kappa shape index (κ1) is 19.5. The van der Waals surface area contributed by atoms with E-state index in [1.54, 1.807) is 27.1 Å². The molecule has 0 bridgehead atoms. The van der Waals surface area contributed by atoms with Gasteiger partial charge in [0.05, 0.1) is 4.90 Å². The number of likely N-dealkylation sites (N-methyl/N-ethyl adjacent to an activating group) is 1. The van der Waals surface area contributed by atoms with Gasteiger partial charge in [0.2, 0.25) is 5.91 Å². The van der Waals surface area contributed by atoms with Gasteiger partial charge in [-0.05, 0) is 55.8 Å². The van der Waals surface area contributed by atoms with E-state index in [2.05, 4.69) is 4.98 Å². The number of nitrogens with zero attached hydrogens (tertiary/aromatic N) is 3. The smallest absolute Gasteiger partial charge is 0.269 e. The molecule has 0 aliphatic heterocycles. The van der Waals surface area contributed by atoms with E-state index < -0.39 is 10.0 Å². The second-order valence-corrected chi connectivity index (χ2v) is 7.88. The van der Waals surface area contributed by atoms with Crippen molar-refractivity contribution in [1.82, 2.24) is 9.88 Å². The molecule has 0 atom stereocenters. The van der Waals surface area contributed by atoms with E-state index >= 15 is 0 Å². The molecule has 0 unspecified atom stereocenters. The van der Waals surface area contributed by atoms with E-state index in [9.17, 15) is 13.2 Å². The minimum atomic E-state index is -3.97. The number of pyridine rings is 1. The fourth-order valence-electron chi connectivity index (χ4n) is 2.25. The van der Waals surface area contributed by atoms with Crippen molar-refractivity contribution in [1.29, 1.82) is 0 Å². The molecule has 0 saturated carbocycles. The van der Waals surface area contributed by atoms with Gasteiger partial charge in [-0.1, -0.05) is 0 Å². The predicted molar refractivity (Wildman–Crippen MR) is 102 cm³/mol. The molecule has 2 aromatic rings. The number of anilines is 2. The van der Waals surface area contributed by atoms with Gasteiger partial charge >= 0.3 is 0 Å². The van der Waals surface area contributed by atoms with Crippen LogP contribution in [0.25, 0.3) is 0 Å². The Kier molecular flexibility index (Phi) is 5.66. The SMILES string of the molecule is Cc1cc(C)nc(N(C=CC(=O)N(C)C)S(=O)(=O)c2ccc(N)cc2)c1. The summed E-state index contributed by atoms with van der Waals surface area (Å²) in [5, 5.41) is 0. The zero-order valence-electron chi connectivity index (χ0n) is 15.2. The topological polar surface area (TPSA) is 96.6 Å². The van der Waals surface area contributed by atoms with E-state index in [0.717, 1.165) is 9.87 Å². The van der Waals surface area contributed by atoms with Crippen molar-refractivity contribution in [3.05, 3.63) is 59.9 Å². The summed E-state index contributed by atoms with van der Waals surface area (Å²) < 4.78 is 27.2. The molecule has 7 nitrogen and oxygen atoms in total.